The van der Waals surface area contributed by atoms with Crippen LogP contribution in [0.15, 0.2) is 18.2 Å². The number of hydrogen-bond acceptors (Lipinski definition) is 5. The summed E-state index contributed by atoms with van der Waals surface area (Å²) in [6.07, 6.45) is 0.467. The highest BCUT2D eigenvalue weighted by Crippen LogP contribution is 2.32. The maximum atomic E-state index is 12.9. The second kappa shape index (κ2) is 4.94. The van der Waals surface area contributed by atoms with Gasteiger partial charge < -0.3 is 9.64 Å². The number of benzene rings is 1. The Morgan fingerprint density at radius 3 is 3.09 bits per heavy atom. The Labute approximate surface area is 132 Å². The minimum atomic E-state index is -0.414. The van der Waals surface area contributed by atoms with Crippen molar-refractivity contribution >= 4 is 23.0 Å². The Morgan fingerprint density at radius 1 is 1.39 bits per heavy atom. The Bertz CT molecular complexity index is 788. The fourth-order valence-corrected chi connectivity index (χ4v) is 3.45. The van der Waals surface area contributed by atoms with Gasteiger partial charge in [0, 0.05) is 19.6 Å². The molecule has 0 aliphatic carbocycles. The predicted molar refractivity (Wildman–Crippen MR) is 80.9 cm³/mol. The van der Waals surface area contributed by atoms with Crippen LogP contribution in [0.25, 0.3) is 11.0 Å². The largest absolute Gasteiger partial charge is 0.447 e. The third-order valence-corrected chi connectivity index (χ3v) is 4.86. The van der Waals surface area contributed by atoms with Gasteiger partial charge in [0.05, 0.1) is 11.1 Å². The number of piperazine rings is 1. The Hall–Kier alpha value is -2.64. The molecule has 0 saturated carbocycles. The van der Waals surface area contributed by atoms with Crippen molar-refractivity contribution in [2.75, 3.05) is 26.2 Å². The minimum absolute atomic E-state index is 0.0867. The van der Waals surface area contributed by atoms with Crippen LogP contribution in [0.2, 0.25) is 0 Å². The second-order valence-electron chi connectivity index (χ2n) is 6.01. The maximum absolute atomic E-state index is 12.9. The van der Waals surface area contributed by atoms with Crippen molar-refractivity contribution in [3.8, 4) is 0 Å². The molecule has 1 aromatic heterocycles. The average Bonchev–Trinajstić information content (AvgIpc) is 3.19. The number of amides is 2. The second-order valence-corrected chi connectivity index (χ2v) is 6.01. The number of cyclic esters (lactones) is 1. The van der Waals surface area contributed by atoms with Gasteiger partial charge in [-0.1, -0.05) is 13.0 Å². The van der Waals surface area contributed by atoms with Crippen LogP contribution in [0, 0.1) is 0 Å². The number of nitrogens with one attached hydrogen (secondary N) is 1. The molecule has 2 aliphatic heterocycles. The van der Waals surface area contributed by atoms with Crippen LogP contribution >= 0.6 is 0 Å². The van der Waals surface area contributed by atoms with Crippen molar-refractivity contribution in [1.82, 2.24) is 25.2 Å². The monoisotopic (exact) mass is 315 g/mol. The van der Waals surface area contributed by atoms with E-state index >= 15 is 0 Å². The molecule has 8 nitrogen and oxygen atoms in total. The van der Waals surface area contributed by atoms with E-state index in [4.69, 9.17) is 4.74 Å². The van der Waals surface area contributed by atoms with Gasteiger partial charge in [-0.15, -0.1) is 0 Å². The van der Waals surface area contributed by atoms with Crippen molar-refractivity contribution in [3.63, 3.8) is 0 Å². The van der Waals surface area contributed by atoms with Crippen LogP contribution in [-0.4, -0.2) is 69.0 Å². The average molecular weight is 315 g/mol. The van der Waals surface area contributed by atoms with Crippen LogP contribution in [0.5, 0.6) is 0 Å². The Morgan fingerprint density at radius 2 is 2.26 bits per heavy atom. The summed E-state index contributed by atoms with van der Waals surface area (Å²) in [4.78, 5) is 28.3. The zero-order valence-electron chi connectivity index (χ0n) is 12.8. The molecule has 0 bridgehead atoms. The molecule has 1 atom stereocenters. The molecule has 1 unspecified atom stereocenters. The molecule has 4 rings (SSSR count). The standard InChI is InChI=1S/C15H17N5O3/c1-2-15-8-19(6-7-20(15)14(22)23-9-15)13(21)10-4-3-5-11-12(10)17-18-16-11/h3-5H,2,6-9H2,1H3,(H,16,17,18). The summed E-state index contributed by atoms with van der Waals surface area (Å²) in [5.41, 5.74) is 1.35. The first-order chi connectivity index (χ1) is 11.1. The van der Waals surface area contributed by atoms with E-state index in [1.807, 2.05) is 13.0 Å². The highest BCUT2D eigenvalue weighted by atomic mass is 16.6. The number of ether oxygens (including phenoxy) is 1. The summed E-state index contributed by atoms with van der Waals surface area (Å²) in [5, 5.41) is 10.7. The van der Waals surface area contributed by atoms with Crippen molar-refractivity contribution in [3.05, 3.63) is 23.8 Å². The van der Waals surface area contributed by atoms with E-state index in [0.29, 0.717) is 42.8 Å². The minimum Gasteiger partial charge on any atom is -0.447 e. The van der Waals surface area contributed by atoms with E-state index in [2.05, 4.69) is 15.4 Å². The van der Waals surface area contributed by atoms with Gasteiger partial charge in [-0.05, 0) is 18.6 Å². The number of carbonyl (C=O) groups is 2. The number of fused-ring (bicyclic) bond motifs is 2. The first-order valence-electron chi connectivity index (χ1n) is 7.68. The van der Waals surface area contributed by atoms with Gasteiger partial charge in [0.25, 0.3) is 5.91 Å². The molecule has 23 heavy (non-hydrogen) atoms. The number of aromatic nitrogens is 3. The van der Waals surface area contributed by atoms with E-state index in [-0.39, 0.29) is 12.0 Å². The molecular weight excluding hydrogens is 298 g/mol. The SMILES string of the molecule is CCC12COC(=O)N1CCN(C(=O)c1cccc3n[nH]nc13)C2. The van der Waals surface area contributed by atoms with Crippen LogP contribution < -0.4 is 0 Å². The van der Waals surface area contributed by atoms with E-state index in [1.165, 1.54) is 0 Å². The summed E-state index contributed by atoms with van der Waals surface area (Å²) in [7, 11) is 0. The molecule has 0 spiro atoms. The zero-order valence-corrected chi connectivity index (χ0v) is 12.8. The predicted octanol–water partition coefficient (Wildman–Crippen LogP) is 1.01. The van der Waals surface area contributed by atoms with Crippen molar-refractivity contribution in [1.29, 1.82) is 0 Å². The number of para-hydroxylation sites is 1. The van der Waals surface area contributed by atoms with Crippen molar-refractivity contribution < 1.29 is 14.3 Å². The molecule has 2 amide bonds. The third kappa shape index (κ3) is 1.97. The van der Waals surface area contributed by atoms with Crippen LogP contribution in [0.3, 0.4) is 0 Å². The number of carbonyl (C=O) groups excluding carboxylic acids is 2. The smallest absolute Gasteiger partial charge is 0.410 e. The normalized spacial score (nSPS) is 24.0. The van der Waals surface area contributed by atoms with E-state index < -0.39 is 5.54 Å². The van der Waals surface area contributed by atoms with Gasteiger partial charge in [0.1, 0.15) is 17.6 Å². The highest BCUT2D eigenvalue weighted by Gasteiger charge is 2.50. The molecule has 120 valence electrons. The lowest BCUT2D eigenvalue weighted by Crippen LogP contribution is -2.62. The molecular formula is C15H17N5O3. The molecule has 2 aliphatic rings. The molecule has 2 aromatic rings. The fraction of sp³-hybridized carbons (Fsp3) is 0.467. The number of nitrogens with zero attached hydrogens (tertiary/aromatic N) is 4. The van der Waals surface area contributed by atoms with Gasteiger partial charge in [-0.2, -0.15) is 15.4 Å². The van der Waals surface area contributed by atoms with Crippen molar-refractivity contribution in [2.24, 2.45) is 0 Å². The molecule has 3 heterocycles. The number of aromatic amines is 1. The summed E-state index contributed by atoms with van der Waals surface area (Å²) in [6.45, 7) is 3.81. The lowest BCUT2D eigenvalue weighted by atomic mass is 9.92. The summed E-state index contributed by atoms with van der Waals surface area (Å²) < 4.78 is 5.21. The maximum Gasteiger partial charge on any atom is 0.410 e. The third-order valence-electron chi connectivity index (χ3n) is 4.86. The van der Waals surface area contributed by atoms with Gasteiger partial charge in [-0.3, -0.25) is 9.69 Å². The van der Waals surface area contributed by atoms with E-state index in [1.54, 1.807) is 21.9 Å². The zero-order chi connectivity index (χ0) is 16.0. The molecule has 0 radical (unpaired) electrons. The van der Waals surface area contributed by atoms with E-state index in [0.717, 1.165) is 6.42 Å². The Balaban J connectivity index is 1.65. The Kier molecular flexibility index (Phi) is 3.00. The lowest BCUT2D eigenvalue weighted by molar-refractivity contribution is 0.0363. The van der Waals surface area contributed by atoms with Gasteiger partial charge in [0.15, 0.2) is 0 Å². The molecule has 2 fully saturated rings. The first-order valence-corrected chi connectivity index (χ1v) is 7.68. The number of rotatable bonds is 2. The van der Waals surface area contributed by atoms with E-state index in [9.17, 15) is 9.59 Å². The summed E-state index contributed by atoms with van der Waals surface area (Å²) in [6, 6.07) is 5.37. The number of hydrogen-bond donors (Lipinski definition) is 1. The number of H-pyrrole nitrogens is 1. The van der Waals surface area contributed by atoms with Crippen molar-refractivity contribution in [2.45, 2.75) is 18.9 Å². The van der Waals surface area contributed by atoms with Gasteiger partial charge in [-0.25, -0.2) is 4.79 Å². The van der Waals surface area contributed by atoms with Crippen LogP contribution in [0.4, 0.5) is 4.79 Å². The fourth-order valence-electron chi connectivity index (χ4n) is 3.45. The molecule has 2 saturated heterocycles. The van der Waals surface area contributed by atoms with Gasteiger partial charge >= 0.3 is 6.09 Å². The molecule has 1 N–H and O–H groups in total. The summed E-state index contributed by atoms with van der Waals surface area (Å²) >= 11 is 0. The lowest BCUT2D eigenvalue weighted by Gasteiger charge is -2.44. The van der Waals surface area contributed by atoms with Gasteiger partial charge in [0.2, 0.25) is 0 Å². The topological polar surface area (TPSA) is 91.4 Å². The molecule has 1 aromatic carbocycles. The van der Waals surface area contributed by atoms with Crippen LogP contribution in [-0.2, 0) is 4.74 Å². The first kappa shape index (κ1) is 14.0. The quantitative estimate of drug-likeness (QED) is 0.893. The molecule has 8 heteroatoms. The highest BCUT2D eigenvalue weighted by molar-refractivity contribution is 6.04. The van der Waals surface area contributed by atoms with Crippen LogP contribution in [0.1, 0.15) is 23.7 Å². The summed E-state index contributed by atoms with van der Waals surface area (Å²) in [5.74, 6) is -0.0867.